The van der Waals surface area contributed by atoms with Gasteiger partial charge in [0.15, 0.2) is 4.34 Å². The minimum absolute atomic E-state index is 0.243. The van der Waals surface area contributed by atoms with Crippen LogP contribution in [0.5, 0.6) is 0 Å². The van der Waals surface area contributed by atoms with Crippen LogP contribution in [0.3, 0.4) is 0 Å². The molecule has 0 fully saturated rings. The predicted octanol–water partition coefficient (Wildman–Crippen LogP) is 4.27. The molecular weight excluding hydrogens is 311 g/mol. The summed E-state index contributed by atoms with van der Waals surface area (Å²) in [6.07, 6.45) is -3.98. The van der Waals surface area contributed by atoms with E-state index in [-0.39, 0.29) is 5.52 Å². The number of aromatic nitrogens is 1. The molecule has 20 heavy (non-hydrogen) atoms. The van der Waals surface area contributed by atoms with Crippen LogP contribution in [0, 0.1) is 0 Å². The number of thiazole rings is 1. The lowest BCUT2D eigenvalue weighted by Crippen LogP contribution is -2.14. The van der Waals surface area contributed by atoms with Crippen molar-refractivity contribution in [3.63, 3.8) is 0 Å². The number of fused-ring (bicyclic) bond motifs is 1. The van der Waals surface area contributed by atoms with Gasteiger partial charge in [-0.15, -0.1) is 11.3 Å². The molecule has 1 unspecified atom stereocenters. The van der Waals surface area contributed by atoms with Gasteiger partial charge >= 0.3 is 12.1 Å². The second-order valence-corrected chi connectivity index (χ2v) is 6.49. The van der Waals surface area contributed by atoms with E-state index in [1.807, 2.05) is 0 Å². The van der Waals surface area contributed by atoms with Crippen LogP contribution in [-0.2, 0) is 11.0 Å². The third-order valence-electron chi connectivity index (χ3n) is 2.58. The fourth-order valence-corrected chi connectivity index (χ4v) is 3.71. The van der Waals surface area contributed by atoms with Crippen LogP contribution in [0.25, 0.3) is 10.2 Å². The lowest BCUT2D eigenvalue weighted by molar-refractivity contribution is -0.138. The fraction of sp³-hybridized carbons (Fsp3) is 0.333. The van der Waals surface area contributed by atoms with Gasteiger partial charge < -0.3 is 5.11 Å². The van der Waals surface area contributed by atoms with Crippen molar-refractivity contribution in [2.24, 2.45) is 0 Å². The van der Waals surface area contributed by atoms with Crippen LogP contribution >= 0.6 is 23.1 Å². The Balaban J connectivity index is 2.32. The number of alkyl halides is 3. The molecule has 1 N–H and O–H groups in total. The van der Waals surface area contributed by atoms with Crippen molar-refractivity contribution in [2.75, 3.05) is 0 Å². The van der Waals surface area contributed by atoms with E-state index in [1.54, 1.807) is 6.92 Å². The topological polar surface area (TPSA) is 50.2 Å². The molecule has 0 spiro atoms. The Bertz CT molecular complexity index is 639. The molecule has 0 amide bonds. The summed E-state index contributed by atoms with van der Waals surface area (Å²) in [5, 5.41) is 8.33. The van der Waals surface area contributed by atoms with Crippen molar-refractivity contribution in [1.82, 2.24) is 4.98 Å². The Morgan fingerprint density at radius 3 is 2.75 bits per heavy atom. The van der Waals surface area contributed by atoms with Gasteiger partial charge in [0.2, 0.25) is 0 Å². The summed E-state index contributed by atoms with van der Waals surface area (Å²) in [5.74, 6) is -0.951. The maximum atomic E-state index is 12.6. The van der Waals surface area contributed by atoms with Gasteiger partial charge in [0, 0.05) is 0 Å². The molecule has 1 atom stereocenters. The Hall–Kier alpha value is -1.28. The van der Waals surface area contributed by atoms with E-state index in [0.29, 0.717) is 15.5 Å². The molecule has 8 heteroatoms. The van der Waals surface area contributed by atoms with Gasteiger partial charge in [-0.05, 0) is 24.6 Å². The SMILES string of the molecule is CCC(Sc1nc2cc(C(F)(F)F)ccc2s1)C(=O)O. The number of carbonyl (C=O) groups is 1. The molecular formula is C12H10F3NO2S2. The van der Waals surface area contributed by atoms with Crippen LogP contribution < -0.4 is 0 Å². The molecule has 0 aliphatic carbocycles. The molecule has 0 aliphatic rings. The van der Waals surface area contributed by atoms with E-state index in [9.17, 15) is 18.0 Å². The zero-order valence-corrected chi connectivity index (χ0v) is 11.9. The summed E-state index contributed by atoms with van der Waals surface area (Å²) in [6, 6.07) is 3.35. The number of hydrogen-bond donors (Lipinski definition) is 1. The average Bonchev–Trinajstić information content (AvgIpc) is 2.75. The Labute approximate surface area is 120 Å². The van der Waals surface area contributed by atoms with E-state index >= 15 is 0 Å². The highest BCUT2D eigenvalue weighted by Gasteiger charge is 2.31. The number of thioether (sulfide) groups is 1. The van der Waals surface area contributed by atoms with Gasteiger partial charge in [-0.3, -0.25) is 4.79 Å². The highest BCUT2D eigenvalue weighted by molar-refractivity contribution is 8.02. The van der Waals surface area contributed by atoms with Crippen molar-refractivity contribution >= 4 is 39.3 Å². The van der Waals surface area contributed by atoms with Gasteiger partial charge in [0.1, 0.15) is 5.25 Å². The molecule has 0 saturated carbocycles. The van der Waals surface area contributed by atoms with Crippen LogP contribution in [0.4, 0.5) is 13.2 Å². The van der Waals surface area contributed by atoms with Gasteiger partial charge in [0.05, 0.1) is 15.8 Å². The molecule has 1 aromatic heterocycles. The van der Waals surface area contributed by atoms with E-state index in [0.717, 1.165) is 23.9 Å². The third kappa shape index (κ3) is 3.24. The number of aliphatic carboxylic acids is 1. The lowest BCUT2D eigenvalue weighted by atomic mass is 10.2. The lowest BCUT2D eigenvalue weighted by Gasteiger charge is -2.05. The van der Waals surface area contributed by atoms with Gasteiger partial charge in [-0.2, -0.15) is 13.2 Å². The molecule has 0 saturated heterocycles. The molecule has 0 aliphatic heterocycles. The molecule has 0 radical (unpaired) electrons. The van der Waals surface area contributed by atoms with E-state index in [1.165, 1.54) is 17.4 Å². The van der Waals surface area contributed by atoms with Crippen LogP contribution in [0.15, 0.2) is 22.5 Å². The first-order valence-electron chi connectivity index (χ1n) is 5.68. The van der Waals surface area contributed by atoms with Crippen molar-refractivity contribution < 1.29 is 23.1 Å². The number of carboxylic acids is 1. The maximum Gasteiger partial charge on any atom is 0.416 e. The molecule has 2 aromatic rings. The van der Waals surface area contributed by atoms with Crippen LogP contribution in [0.2, 0.25) is 0 Å². The van der Waals surface area contributed by atoms with Gasteiger partial charge in [0.25, 0.3) is 0 Å². The zero-order chi connectivity index (χ0) is 14.9. The van der Waals surface area contributed by atoms with E-state index in [4.69, 9.17) is 5.11 Å². The molecule has 2 rings (SSSR count). The number of halogens is 3. The summed E-state index contributed by atoms with van der Waals surface area (Å²) >= 11 is 2.26. The summed E-state index contributed by atoms with van der Waals surface area (Å²) < 4.78 is 38.8. The Kier molecular flexibility index (Phi) is 4.24. The largest absolute Gasteiger partial charge is 0.480 e. The third-order valence-corrected chi connectivity index (χ3v) is 5.07. The highest BCUT2D eigenvalue weighted by atomic mass is 32.2. The summed E-state index contributed by atoms with van der Waals surface area (Å²) in [6.45, 7) is 1.74. The monoisotopic (exact) mass is 321 g/mol. The standard InChI is InChI=1S/C12H10F3NO2S2/c1-2-8(10(17)18)19-11-16-7-5-6(12(13,14)15)3-4-9(7)20-11/h3-5,8H,2H2,1H3,(H,17,18). The van der Waals surface area contributed by atoms with Crippen LogP contribution in [0.1, 0.15) is 18.9 Å². The van der Waals surface area contributed by atoms with Crippen LogP contribution in [-0.4, -0.2) is 21.3 Å². The normalized spacial score (nSPS) is 13.6. The number of hydrogen-bond acceptors (Lipinski definition) is 4. The molecule has 1 aromatic carbocycles. The molecule has 1 heterocycles. The average molecular weight is 321 g/mol. The first kappa shape index (κ1) is 15.1. The highest BCUT2D eigenvalue weighted by Crippen LogP contribution is 2.36. The number of rotatable bonds is 4. The minimum Gasteiger partial charge on any atom is -0.480 e. The second-order valence-electron chi connectivity index (χ2n) is 4.01. The minimum atomic E-state index is -4.40. The fourth-order valence-electron chi connectivity index (χ4n) is 1.56. The van der Waals surface area contributed by atoms with E-state index < -0.39 is 23.0 Å². The summed E-state index contributed by atoms with van der Waals surface area (Å²) in [5.41, 5.74) is -0.510. The van der Waals surface area contributed by atoms with E-state index in [2.05, 4.69) is 4.98 Å². The summed E-state index contributed by atoms with van der Waals surface area (Å²) in [4.78, 5) is 15.0. The molecule has 108 valence electrons. The quantitative estimate of drug-likeness (QED) is 0.854. The van der Waals surface area contributed by atoms with Gasteiger partial charge in [-0.25, -0.2) is 4.98 Å². The Morgan fingerprint density at radius 1 is 1.50 bits per heavy atom. The zero-order valence-electron chi connectivity index (χ0n) is 10.3. The van der Waals surface area contributed by atoms with Crippen molar-refractivity contribution in [1.29, 1.82) is 0 Å². The second kappa shape index (κ2) is 5.61. The van der Waals surface area contributed by atoms with Crippen molar-refractivity contribution in [3.05, 3.63) is 23.8 Å². The molecule has 0 bridgehead atoms. The number of nitrogens with zero attached hydrogens (tertiary/aromatic N) is 1. The molecule has 3 nitrogen and oxygen atoms in total. The number of benzene rings is 1. The van der Waals surface area contributed by atoms with Crippen molar-refractivity contribution in [3.8, 4) is 0 Å². The number of carboxylic acid groups (broad SMARTS) is 1. The van der Waals surface area contributed by atoms with Gasteiger partial charge in [-0.1, -0.05) is 18.7 Å². The first-order chi connectivity index (χ1) is 9.31. The maximum absolute atomic E-state index is 12.6. The Morgan fingerprint density at radius 2 is 2.20 bits per heavy atom. The summed E-state index contributed by atoms with van der Waals surface area (Å²) in [7, 11) is 0. The van der Waals surface area contributed by atoms with Crippen molar-refractivity contribution in [2.45, 2.75) is 29.1 Å². The first-order valence-corrected chi connectivity index (χ1v) is 7.38. The predicted molar refractivity (Wildman–Crippen MR) is 72.2 cm³/mol. The smallest absolute Gasteiger partial charge is 0.416 e.